The molecular weight excluding hydrogens is 280 g/mol. The molecule has 0 radical (unpaired) electrons. The van der Waals surface area contributed by atoms with Crippen molar-refractivity contribution >= 4 is 5.78 Å². The first-order valence-electron chi connectivity index (χ1n) is 10.7. The third-order valence-electron chi connectivity index (χ3n) is 6.08. The molecule has 0 aliphatic heterocycles. The molecule has 0 aromatic rings. The van der Waals surface area contributed by atoms with Crippen molar-refractivity contribution in [3.8, 4) is 0 Å². The van der Waals surface area contributed by atoms with Crippen LogP contribution < -0.4 is 0 Å². The molecule has 0 aromatic carbocycles. The van der Waals surface area contributed by atoms with E-state index in [0.717, 1.165) is 37.5 Å². The van der Waals surface area contributed by atoms with Crippen LogP contribution in [0.25, 0.3) is 0 Å². The Labute approximate surface area is 146 Å². The van der Waals surface area contributed by atoms with Gasteiger partial charge in [0.2, 0.25) is 0 Å². The van der Waals surface area contributed by atoms with E-state index in [4.69, 9.17) is 0 Å². The molecule has 1 aliphatic carbocycles. The zero-order chi connectivity index (χ0) is 16.9. The fourth-order valence-electron chi connectivity index (χ4n) is 4.01. The standard InChI is InChI=1S/C22H42O/c1-4-5-6-7-8-9-10-11-12-13-14-15-22(23)21-17-16-19(2)20(3)18-21/h19-21H,4-18H2,1-3H3. The molecular formula is C22H42O. The largest absolute Gasteiger partial charge is 0.299 e. The Kier molecular flexibility index (Phi) is 11.7. The van der Waals surface area contributed by atoms with E-state index in [1.807, 2.05) is 0 Å². The number of hydrogen-bond donors (Lipinski definition) is 0. The van der Waals surface area contributed by atoms with E-state index in [-0.39, 0.29) is 0 Å². The molecule has 3 unspecified atom stereocenters. The Morgan fingerprint density at radius 1 is 0.739 bits per heavy atom. The highest BCUT2D eigenvalue weighted by atomic mass is 16.1. The van der Waals surface area contributed by atoms with Gasteiger partial charge in [0.15, 0.2) is 0 Å². The molecule has 0 saturated heterocycles. The lowest BCUT2D eigenvalue weighted by Gasteiger charge is -2.31. The van der Waals surface area contributed by atoms with Crippen LogP contribution in [0.15, 0.2) is 0 Å². The highest BCUT2D eigenvalue weighted by molar-refractivity contribution is 5.81. The Balaban J connectivity index is 1.90. The van der Waals surface area contributed by atoms with Crippen molar-refractivity contribution in [3.63, 3.8) is 0 Å². The predicted octanol–water partition coefficient (Wildman–Crippen LogP) is 7.33. The van der Waals surface area contributed by atoms with Gasteiger partial charge in [0.25, 0.3) is 0 Å². The van der Waals surface area contributed by atoms with E-state index >= 15 is 0 Å². The molecule has 0 aromatic heterocycles. The van der Waals surface area contributed by atoms with E-state index in [1.54, 1.807) is 0 Å². The van der Waals surface area contributed by atoms with Gasteiger partial charge in [-0.25, -0.2) is 0 Å². The smallest absolute Gasteiger partial charge is 0.135 e. The minimum absolute atomic E-state index is 0.393. The summed E-state index contributed by atoms with van der Waals surface area (Å²) < 4.78 is 0. The predicted molar refractivity (Wildman–Crippen MR) is 102 cm³/mol. The summed E-state index contributed by atoms with van der Waals surface area (Å²) in [4.78, 5) is 12.3. The first-order chi connectivity index (χ1) is 11.1. The molecule has 0 amide bonds. The summed E-state index contributed by atoms with van der Waals surface area (Å²) in [6.45, 7) is 6.95. The molecule has 1 saturated carbocycles. The summed E-state index contributed by atoms with van der Waals surface area (Å²) in [5.74, 6) is 2.53. The Morgan fingerprint density at radius 3 is 1.78 bits per heavy atom. The fourth-order valence-corrected chi connectivity index (χ4v) is 4.01. The average Bonchev–Trinajstić information content (AvgIpc) is 2.55. The van der Waals surface area contributed by atoms with Crippen LogP contribution in [0.1, 0.15) is 117 Å². The van der Waals surface area contributed by atoms with Crippen molar-refractivity contribution in [2.45, 2.75) is 117 Å². The monoisotopic (exact) mass is 322 g/mol. The van der Waals surface area contributed by atoms with Crippen molar-refractivity contribution in [2.24, 2.45) is 17.8 Å². The summed E-state index contributed by atoms with van der Waals surface area (Å²) in [7, 11) is 0. The van der Waals surface area contributed by atoms with Gasteiger partial charge >= 0.3 is 0 Å². The minimum atomic E-state index is 0.393. The number of carbonyl (C=O) groups excluding carboxylic acids is 1. The summed E-state index contributed by atoms with van der Waals surface area (Å²) in [6.07, 6.45) is 19.4. The average molecular weight is 323 g/mol. The number of rotatable bonds is 13. The maximum absolute atomic E-state index is 12.3. The van der Waals surface area contributed by atoms with Crippen LogP contribution in [-0.4, -0.2) is 5.78 Å². The number of ketones is 1. The maximum atomic E-state index is 12.3. The van der Waals surface area contributed by atoms with E-state index in [2.05, 4.69) is 20.8 Å². The van der Waals surface area contributed by atoms with Crippen LogP contribution in [0.5, 0.6) is 0 Å². The summed E-state index contributed by atoms with van der Waals surface area (Å²) in [6, 6.07) is 0. The molecule has 3 atom stereocenters. The lowest BCUT2D eigenvalue weighted by molar-refractivity contribution is -0.124. The number of Topliss-reactive ketones (excluding diaryl/α,β-unsaturated/α-hetero) is 1. The van der Waals surface area contributed by atoms with E-state index < -0.39 is 0 Å². The second-order valence-electron chi connectivity index (χ2n) is 8.22. The third kappa shape index (κ3) is 9.52. The first kappa shape index (κ1) is 20.7. The van der Waals surface area contributed by atoms with Crippen LogP contribution >= 0.6 is 0 Å². The molecule has 0 N–H and O–H groups in total. The van der Waals surface area contributed by atoms with Gasteiger partial charge in [-0.2, -0.15) is 0 Å². The summed E-state index contributed by atoms with van der Waals surface area (Å²) >= 11 is 0. The van der Waals surface area contributed by atoms with E-state index in [1.165, 1.54) is 70.6 Å². The van der Waals surface area contributed by atoms with Gasteiger partial charge in [-0.05, 0) is 37.5 Å². The fraction of sp³-hybridized carbons (Fsp3) is 0.955. The van der Waals surface area contributed by atoms with Gasteiger partial charge in [-0.1, -0.05) is 85.0 Å². The quantitative estimate of drug-likeness (QED) is 0.324. The molecule has 23 heavy (non-hydrogen) atoms. The number of hydrogen-bond acceptors (Lipinski definition) is 1. The third-order valence-corrected chi connectivity index (χ3v) is 6.08. The summed E-state index contributed by atoms with van der Waals surface area (Å²) in [5, 5.41) is 0. The van der Waals surface area contributed by atoms with Crippen LogP contribution in [0.2, 0.25) is 0 Å². The summed E-state index contributed by atoms with van der Waals surface area (Å²) in [5.41, 5.74) is 0. The Bertz CT molecular complexity index is 296. The molecule has 0 spiro atoms. The first-order valence-corrected chi connectivity index (χ1v) is 10.7. The van der Waals surface area contributed by atoms with Gasteiger partial charge in [-0.15, -0.1) is 0 Å². The number of carbonyl (C=O) groups is 1. The van der Waals surface area contributed by atoms with Crippen molar-refractivity contribution in [1.29, 1.82) is 0 Å². The normalized spacial score (nSPS) is 24.7. The molecule has 1 aliphatic rings. The lowest BCUT2D eigenvalue weighted by atomic mass is 9.74. The molecule has 0 bridgehead atoms. The zero-order valence-corrected chi connectivity index (χ0v) is 16.2. The van der Waals surface area contributed by atoms with Crippen molar-refractivity contribution < 1.29 is 4.79 Å². The van der Waals surface area contributed by atoms with Crippen molar-refractivity contribution in [2.75, 3.05) is 0 Å². The van der Waals surface area contributed by atoms with Gasteiger partial charge in [0, 0.05) is 12.3 Å². The number of unbranched alkanes of at least 4 members (excludes halogenated alkanes) is 10. The van der Waals surface area contributed by atoms with E-state index in [9.17, 15) is 4.79 Å². The highest BCUT2D eigenvalue weighted by Gasteiger charge is 2.28. The lowest BCUT2D eigenvalue weighted by Crippen LogP contribution is -2.26. The van der Waals surface area contributed by atoms with Gasteiger partial charge in [0.05, 0.1) is 0 Å². The second kappa shape index (κ2) is 13.0. The minimum Gasteiger partial charge on any atom is -0.299 e. The van der Waals surface area contributed by atoms with Gasteiger partial charge in [-0.3, -0.25) is 4.79 Å². The highest BCUT2D eigenvalue weighted by Crippen LogP contribution is 2.34. The van der Waals surface area contributed by atoms with Crippen LogP contribution in [-0.2, 0) is 4.79 Å². The Morgan fingerprint density at radius 2 is 1.26 bits per heavy atom. The molecule has 136 valence electrons. The van der Waals surface area contributed by atoms with Crippen molar-refractivity contribution in [1.82, 2.24) is 0 Å². The topological polar surface area (TPSA) is 17.1 Å². The Hall–Kier alpha value is -0.330. The van der Waals surface area contributed by atoms with Crippen molar-refractivity contribution in [3.05, 3.63) is 0 Å². The SMILES string of the molecule is CCCCCCCCCCCCCC(=O)C1CCC(C)C(C)C1. The molecule has 1 fully saturated rings. The second-order valence-corrected chi connectivity index (χ2v) is 8.22. The molecule has 1 rings (SSSR count). The van der Waals surface area contributed by atoms with Gasteiger partial charge < -0.3 is 0 Å². The van der Waals surface area contributed by atoms with Crippen LogP contribution in [0, 0.1) is 17.8 Å². The molecule has 1 nitrogen and oxygen atoms in total. The van der Waals surface area contributed by atoms with Crippen LogP contribution in [0.3, 0.4) is 0 Å². The van der Waals surface area contributed by atoms with Gasteiger partial charge in [0.1, 0.15) is 5.78 Å². The van der Waals surface area contributed by atoms with Crippen LogP contribution in [0.4, 0.5) is 0 Å². The molecule has 1 heteroatoms. The maximum Gasteiger partial charge on any atom is 0.135 e. The molecule has 0 heterocycles. The zero-order valence-electron chi connectivity index (χ0n) is 16.2. The van der Waals surface area contributed by atoms with E-state index in [0.29, 0.717) is 11.7 Å².